The minimum Gasteiger partial charge on any atom is -0.469 e. The van der Waals surface area contributed by atoms with Crippen molar-refractivity contribution in [3.05, 3.63) is 71.2 Å². The maximum absolute atomic E-state index is 13.7. The minimum absolute atomic E-state index is 0.109. The number of carbonyl (C=O) groups excluding carboxylic acids is 2. The highest BCUT2D eigenvalue weighted by Gasteiger charge is 2.26. The highest BCUT2D eigenvalue weighted by molar-refractivity contribution is 5.86. The molecule has 0 bridgehead atoms. The van der Waals surface area contributed by atoms with E-state index >= 15 is 0 Å². The van der Waals surface area contributed by atoms with E-state index in [2.05, 4.69) is 21.4 Å². The van der Waals surface area contributed by atoms with Crippen molar-refractivity contribution in [3.63, 3.8) is 0 Å². The summed E-state index contributed by atoms with van der Waals surface area (Å²) in [6, 6.07) is 14.9. The zero-order valence-electron chi connectivity index (χ0n) is 17.8. The van der Waals surface area contributed by atoms with Gasteiger partial charge in [0.05, 0.1) is 13.7 Å². The van der Waals surface area contributed by atoms with Crippen LogP contribution in [0.2, 0.25) is 0 Å². The van der Waals surface area contributed by atoms with E-state index in [-0.39, 0.29) is 17.7 Å². The topological polar surface area (TPSA) is 51.5 Å². The van der Waals surface area contributed by atoms with Crippen molar-refractivity contribution in [2.24, 2.45) is 0 Å². The molecule has 2 aromatic carbocycles. The number of nitrogens with zero attached hydrogens (tertiary/aromatic N) is 2. The molecule has 0 saturated heterocycles. The second kappa shape index (κ2) is 9.33. The maximum Gasteiger partial charge on any atom is 0.305 e. The Labute approximate surface area is 181 Å². The molecule has 0 atom stereocenters. The summed E-state index contributed by atoms with van der Waals surface area (Å²) in [6.07, 6.45) is 2.90. The van der Waals surface area contributed by atoms with Gasteiger partial charge in [0.1, 0.15) is 5.82 Å². The number of methoxy groups -OCH3 is 1. The molecule has 1 amide bonds. The van der Waals surface area contributed by atoms with Crippen molar-refractivity contribution >= 4 is 22.8 Å². The van der Waals surface area contributed by atoms with Crippen LogP contribution in [-0.4, -0.2) is 35.0 Å². The van der Waals surface area contributed by atoms with Crippen LogP contribution in [0.3, 0.4) is 0 Å². The van der Waals surface area contributed by atoms with E-state index in [1.54, 1.807) is 12.1 Å². The number of rotatable bonds is 7. The Morgan fingerprint density at radius 1 is 1.06 bits per heavy atom. The van der Waals surface area contributed by atoms with Crippen LogP contribution < -0.4 is 0 Å². The normalized spacial score (nSPS) is 13.3. The third-order valence-corrected chi connectivity index (χ3v) is 6.00. The van der Waals surface area contributed by atoms with Crippen LogP contribution in [0.25, 0.3) is 10.9 Å². The van der Waals surface area contributed by atoms with Crippen molar-refractivity contribution in [3.8, 4) is 0 Å². The van der Waals surface area contributed by atoms with Gasteiger partial charge < -0.3 is 14.2 Å². The first-order valence-electron chi connectivity index (χ1n) is 10.7. The third-order valence-electron chi connectivity index (χ3n) is 6.00. The first kappa shape index (κ1) is 21.1. The zero-order chi connectivity index (χ0) is 21.8. The standard InChI is InChI=1S/C25H27FN2O3/c1-31-25(30)12-5-4-11-24(29)27-14-13-21-20-9-2-3-10-22(20)28(23(21)17-27)16-18-7-6-8-19(26)15-18/h2-3,6-10,15H,4-5,11-14,16-17H2,1H3. The quantitative estimate of drug-likeness (QED) is 0.418. The zero-order valence-corrected chi connectivity index (χ0v) is 17.8. The van der Waals surface area contributed by atoms with Crippen LogP contribution in [0.1, 0.15) is 42.5 Å². The molecule has 0 aliphatic carbocycles. The Kier molecular flexibility index (Phi) is 6.35. The number of hydrogen-bond acceptors (Lipinski definition) is 3. The van der Waals surface area contributed by atoms with Gasteiger partial charge in [-0.15, -0.1) is 0 Å². The lowest BCUT2D eigenvalue weighted by atomic mass is 10.0. The van der Waals surface area contributed by atoms with Crippen LogP contribution in [-0.2, 0) is 33.8 Å². The second-order valence-electron chi connectivity index (χ2n) is 8.01. The van der Waals surface area contributed by atoms with Crippen molar-refractivity contribution in [1.29, 1.82) is 0 Å². The number of amides is 1. The fourth-order valence-electron chi connectivity index (χ4n) is 4.41. The predicted octanol–water partition coefficient (Wildman–Crippen LogP) is 4.45. The van der Waals surface area contributed by atoms with E-state index in [0.717, 1.165) is 23.2 Å². The second-order valence-corrected chi connectivity index (χ2v) is 8.01. The van der Waals surface area contributed by atoms with Gasteiger partial charge in [-0.25, -0.2) is 4.39 Å². The van der Waals surface area contributed by atoms with Crippen LogP contribution in [0, 0.1) is 5.82 Å². The molecule has 0 spiro atoms. The van der Waals surface area contributed by atoms with E-state index < -0.39 is 0 Å². The van der Waals surface area contributed by atoms with Gasteiger partial charge in [-0.3, -0.25) is 9.59 Å². The van der Waals surface area contributed by atoms with E-state index in [1.165, 1.54) is 24.1 Å². The molecule has 1 aliphatic heterocycles. The van der Waals surface area contributed by atoms with Gasteiger partial charge in [-0.1, -0.05) is 30.3 Å². The van der Waals surface area contributed by atoms with E-state index in [0.29, 0.717) is 45.3 Å². The first-order chi connectivity index (χ1) is 15.1. The highest BCUT2D eigenvalue weighted by atomic mass is 19.1. The van der Waals surface area contributed by atoms with Gasteiger partial charge in [0, 0.05) is 42.5 Å². The smallest absolute Gasteiger partial charge is 0.305 e. The SMILES string of the molecule is COC(=O)CCCCC(=O)N1CCc2c(n(Cc3cccc(F)c3)c3ccccc23)C1. The molecule has 0 N–H and O–H groups in total. The number of carbonyl (C=O) groups is 2. The van der Waals surface area contributed by atoms with Crippen LogP contribution in [0.15, 0.2) is 48.5 Å². The Morgan fingerprint density at radius 3 is 2.68 bits per heavy atom. The number of aromatic nitrogens is 1. The van der Waals surface area contributed by atoms with Gasteiger partial charge in [-0.2, -0.15) is 0 Å². The summed E-state index contributed by atoms with van der Waals surface area (Å²) in [5.74, 6) is -0.374. The number of esters is 1. The van der Waals surface area contributed by atoms with Crippen molar-refractivity contribution in [2.45, 2.75) is 45.2 Å². The lowest BCUT2D eigenvalue weighted by molar-refractivity contribution is -0.141. The van der Waals surface area contributed by atoms with Gasteiger partial charge in [0.15, 0.2) is 0 Å². The molecule has 1 aromatic heterocycles. The molecule has 162 valence electrons. The Balaban J connectivity index is 1.53. The predicted molar refractivity (Wildman–Crippen MR) is 117 cm³/mol. The van der Waals surface area contributed by atoms with Gasteiger partial charge in [0.2, 0.25) is 5.91 Å². The summed E-state index contributed by atoms with van der Waals surface area (Å²) >= 11 is 0. The molecule has 3 aromatic rings. The molecule has 4 rings (SSSR count). The van der Waals surface area contributed by atoms with E-state index in [1.807, 2.05) is 23.1 Å². The molecule has 5 nitrogen and oxygen atoms in total. The number of unbranched alkanes of at least 4 members (excludes halogenated alkanes) is 1. The summed E-state index contributed by atoms with van der Waals surface area (Å²) in [4.78, 5) is 26.0. The largest absolute Gasteiger partial charge is 0.469 e. The summed E-state index contributed by atoms with van der Waals surface area (Å²) < 4.78 is 20.6. The Morgan fingerprint density at radius 2 is 1.87 bits per heavy atom. The van der Waals surface area contributed by atoms with Crippen LogP contribution >= 0.6 is 0 Å². The molecule has 0 fully saturated rings. The summed E-state index contributed by atoms with van der Waals surface area (Å²) in [7, 11) is 1.38. The highest BCUT2D eigenvalue weighted by Crippen LogP contribution is 2.32. The summed E-state index contributed by atoms with van der Waals surface area (Å²) in [6.45, 7) is 1.81. The fraction of sp³-hybridized carbons (Fsp3) is 0.360. The number of hydrogen-bond donors (Lipinski definition) is 0. The third kappa shape index (κ3) is 4.63. The van der Waals surface area contributed by atoms with Crippen molar-refractivity contribution in [2.75, 3.05) is 13.7 Å². The number of fused-ring (bicyclic) bond motifs is 3. The molecule has 0 saturated carbocycles. The van der Waals surface area contributed by atoms with E-state index in [4.69, 9.17) is 0 Å². The molecular formula is C25H27FN2O3. The van der Waals surface area contributed by atoms with Crippen molar-refractivity contribution < 1.29 is 18.7 Å². The van der Waals surface area contributed by atoms with Gasteiger partial charge in [0.25, 0.3) is 0 Å². The molecule has 31 heavy (non-hydrogen) atoms. The average molecular weight is 423 g/mol. The van der Waals surface area contributed by atoms with Crippen molar-refractivity contribution in [1.82, 2.24) is 9.47 Å². The van der Waals surface area contributed by atoms with E-state index in [9.17, 15) is 14.0 Å². The molecule has 2 heterocycles. The Bertz CT molecular complexity index is 1110. The molecule has 0 radical (unpaired) electrons. The lowest BCUT2D eigenvalue weighted by Crippen LogP contribution is -2.36. The van der Waals surface area contributed by atoms with Crippen LogP contribution in [0.5, 0.6) is 0 Å². The summed E-state index contributed by atoms with van der Waals surface area (Å²) in [5.41, 5.74) is 4.42. The molecule has 6 heteroatoms. The number of benzene rings is 2. The average Bonchev–Trinajstić information content (AvgIpc) is 3.09. The Hall–Kier alpha value is -3.15. The number of para-hydroxylation sites is 1. The van der Waals surface area contributed by atoms with Gasteiger partial charge in [-0.05, 0) is 48.6 Å². The lowest BCUT2D eigenvalue weighted by Gasteiger charge is -2.29. The van der Waals surface area contributed by atoms with Gasteiger partial charge >= 0.3 is 5.97 Å². The molecule has 1 aliphatic rings. The maximum atomic E-state index is 13.7. The molecular weight excluding hydrogens is 395 g/mol. The number of ether oxygens (including phenoxy) is 1. The van der Waals surface area contributed by atoms with Crippen LogP contribution in [0.4, 0.5) is 4.39 Å². The minimum atomic E-state index is -0.244. The monoisotopic (exact) mass is 422 g/mol. The molecule has 0 unspecified atom stereocenters. The number of halogens is 1. The first-order valence-corrected chi connectivity index (χ1v) is 10.7. The fourth-order valence-corrected chi connectivity index (χ4v) is 4.41. The summed E-state index contributed by atoms with van der Waals surface area (Å²) in [5, 5.41) is 1.21.